The number of aromatic nitrogens is 1. The van der Waals surface area contributed by atoms with Crippen molar-refractivity contribution in [2.45, 2.75) is 0 Å². The molecule has 0 radical (unpaired) electrons. The summed E-state index contributed by atoms with van der Waals surface area (Å²) in [5.74, 6) is -0.511. The van der Waals surface area contributed by atoms with Crippen LogP contribution < -0.4 is 9.46 Å². The normalized spacial score (nSPS) is 11.3. The molecule has 2 aromatic rings. The van der Waals surface area contributed by atoms with E-state index < -0.39 is 15.9 Å². The van der Waals surface area contributed by atoms with Gasteiger partial charge in [-0.05, 0) is 17.5 Å². The molecule has 0 atom stereocenters. The van der Waals surface area contributed by atoms with Crippen LogP contribution in [0.2, 0.25) is 0 Å². The van der Waals surface area contributed by atoms with Crippen LogP contribution in [0.4, 0.5) is 0 Å². The van der Waals surface area contributed by atoms with Crippen molar-refractivity contribution in [1.82, 2.24) is 9.71 Å². The summed E-state index contributed by atoms with van der Waals surface area (Å²) < 4.78 is 29.1. The minimum Gasteiger partial charge on any atom is -0.481 e. The van der Waals surface area contributed by atoms with Gasteiger partial charge in [-0.1, -0.05) is 18.2 Å². The summed E-state index contributed by atoms with van der Waals surface area (Å²) in [6, 6.07) is 8.73. The van der Waals surface area contributed by atoms with Gasteiger partial charge >= 0.3 is 0 Å². The van der Waals surface area contributed by atoms with Gasteiger partial charge in [0.15, 0.2) is 0 Å². The molecular formula is C12H12N2O4S. The van der Waals surface area contributed by atoms with Gasteiger partial charge in [-0.3, -0.25) is 4.79 Å². The lowest BCUT2D eigenvalue weighted by Crippen LogP contribution is -2.30. The number of hydrogen-bond acceptors (Lipinski definition) is 5. The highest BCUT2D eigenvalue weighted by molar-refractivity contribution is 7.89. The topological polar surface area (TPSA) is 85.4 Å². The summed E-state index contributed by atoms with van der Waals surface area (Å²) in [6.45, 7) is 0. The molecule has 6 nitrogen and oxygen atoms in total. The van der Waals surface area contributed by atoms with Gasteiger partial charge in [-0.2, -0.15) is 0 Å². The maximum Gasteiger partial charge on any atom is 0.283 e. The number of carbonyl (C=O) groups excluding carboxylic acids is 1. The van der Waals surface area contributed by atoms with E-state index in [0.29, 0.717) is 0 Å². The Kier molecular flexibility index (Phi) is 3.39. The van der Waals surface area contributed by atoms with Crippen molar-refractivity contribution in [3.8, 4) is 5.88 Å². The first-order valence-corrected chi connectivity index (χ1v) is 7.26. The summed E-state index contributed by atoms with van der Waals surface area (Å²) in [5, 5.41) is 1.49. The highest BCUT2D eigenvalue weighted by atomic mass is 32.2. The minimum absolute atomic E-state index is 0.0130. The summed E-state index contributed by atoms with van der Waals surface area (Å²) in [6.07, 6.45) is 0.906. The number of sulfonamides is 1. The van der Waals surface area contributed by atoms with E-state index in [0.717, 1.165) is 17.0 Å². The van der Waals surface area contributed by atoms with Crippen LogP contribution in [0.5, 0.6) is 5.88 Å². The molecule has 1 N–H and O–H groups in total. The van der Waals surface area contributed by atoms with E-state index in [1.807, 2.05) is 10.8 Å². The fourth-order valence-corrected chi connectivity index (χ4v) is 2.10. The maximum absolute atomic E-state index is 11.8. The molecule has 0 bridgehead atoms. The van der Waals surface area contributed by atoms with Crippen LogP contribution >= 0.6 is 0 Å². The second-order valence-electron chi connectivity index (χ2n) is 3.94. The van der Waals surface area contributed by atoms with E-state index in [9.17, 15) is 13.2 Å². The van der Waals surface area contributed by atoms with Crippen LogP contribution in [-0.2, 0) is 10.0 Å². The Labute approximate surface area is 110 Å². The minimum atomic E-state index is -3.62. The third-order valence-corrected chi connectivity index (χ3v) is 2.97. The molecule has 0 unspecified atom stereocenters. The molecule has 1 heterocycles. The average Bonchev–Trinajstić information content (AvgIpc) is 2.35. The Balaban J connectivity index is 2.53. The predicted molar refractivity (Wildman–Crippen MR) is 70.6 cm³/mol. The van der Waals surface area contributed by atoms with Crippen molar-refractivity contribution in [3.05, 3.63) is 36.0 Å². The molecule has 0 saturated carbocycles. The number of ether oxygens (including phenoxy) is 1. The third kappa shape index (κ3) is 3.00. The van der Waals surface area contributed by atoms with Crippen LogP contribution in [0.25, 0.3) is 10.8 Å². The standard InChI is InChI=1S/C12H12N2O4S/c1-18-12-9-6-4-3-5-8(9)7-10(13-12)11(15)14-19(2,16)17/h3-7H,1-2H3,(H,14,15). The zero-order chi connectivity index (χ0) is 14.0. The predicted octanol–water partition coefficient (Wildman–Crippen LogP) is 0.933. The number of methoxy groups -OCH3 is 1. The number of benzene rings is 1. The largest absolute Gasteiger partial charge is 0.481 e. The lowest BCUT2D eigenvalue weighted by Gasteiger charge is -2.07. The molecule has 2 rings (SSSR count). The van der Waals surface area contributed by atoms with Crippen molar-refractivity contribution in [2.24, 2.45) is 0 Å². The van der Waals surface area contributed by atoms with Gasteiger partial charge in [0.25, 0.3) is 5.91 Å². The Morgan fingerprint density at radius 3 is 2.63 bits per heavy atom. The number of amides is 1. The SMILES string of the molecule is COc1nc(C(=O)NS(C)(=O)=O)cc2ccccc12. The molecule has 100 valence electrons. The second kappa shape index (κ2) is 4.85. The summed E-state index contributed by atoms with van der Waals surface area (Å²) in [7, 11) is -2.19. The third-order valence-electron chi connectivity index (χ3n) is 2.41. The first kappa shape index (κ1) is 13.3. The van der Waals surface area contributed by atoms with Crippen LogP contribution in [0.1, 0.15) is 10.5 Å². The number of nitrogens with one attached hydrogen (secondary N) is 1. The van der Waals surface area contributed by atoms with Crippen LogP contribution in [0.3, 0.4) is 0 Å². The molecule has 0 fully saturated rings. The highest BCUT2D eigenvalue weighted by Crippen LogP contribution is 2.24. The molecule has 19 heavy (non-hydrogen) atoms. The van der Waals surface area contributed by atoms with Gasteiger partial charge in [0, 0.05) is 5.39 Å². The monoisotopic (exact) mass is 280 g/mol. The van der Waals surface area contributed by atoms with Crippen LogP contribution in [0, 0.1) is 0 Å². The molecule has 0 saturated heterocycles. The fourth-order valence-electron chi connectivity index (χ4n) is 1.66. The summed E-state index contributed by atoms with van der Waals surface area (Å²) in [4.78, 5) is 15.8. The van der Waals surface area contributed by atoms with Crippen molar-refractivity contribution >= 4 is 26.7 Å². The maximum atomic E-state index is 11.8. The van der Waals surface area contributed by atoms with Gasteiger partial charge in [0.05, 0.1) is 13.4 Å². The molecule has 0 spiro atoms. The lowest BCUT2D eigenvalue weighted by molar-refractivity contribution is 0.0976. The van der Waals surface area contributed by atoms with Gasteiger partial charge < -0.3 is 4.74 Å². The van der Waals surface area contributed by atoms with Gasteiger partial charge in [-0.25, -0.2) is 18.1 Å². The lowest BCUT2D eigenvalue weighted by atomic mass is 10.1. The molecule has 0 aliphatic rings. The number of nitrogens with zero attached hydrogens (tertiary/aromatic N) is 1. The first-order chi connectivity index (χ1) is 8.90. The van der Waals surface area contributed by atoms with Crippen LogP contribution in [0.15, 0.2) is 30.3 Å². The Hall–Kier alpha value is -2.15. The molecule has 1 amide bonds. The van der Waals surface area contributed by atoms with E-state index in [1.165, 1.54) is 13.2 Å². The number of rotatable bonds is 3. The van der Waals surface area contributed by atoms with E-state index in [4.69, 9.17) is 4.74 Å². The molecule has 0 aliphatic heterocycles. The van der Waals surface area contributed by atoms with Crippen molar-refractivity contribution in [1.29, 1.82) is 0 Å². The van der Waals surface area contributed by atoms with E-state index in [2.05, 4.69) is 4.98 Å². The van der Waals surface area contributed by atoms with E-state index in [1.54, 1.807) is 18.2 Å². The second-order valence-corrected chi connectivity index (χ2v) is 5.69. The zero-order valence-corrected chi connectivity index (χ0v) is 11.2. The number of pyridine rings is 1. The number of hydrogen-bond donors (Lipinski definition) is 1. The van der Waals surface area contributed by atoms with Gasteiger partial charge in [-0.15, -0.1) is 0 Å². The van der Waals surface area contributed by atoms with E-state index in [-0.39, 0.29) is 11.6 Å². The molecular weight excluding hydrogens is 268 g/mol. The van der Waals surface area contributed by atoms with E-state index >= 15 is 0 Å². The highest BCUT2D eigenvalue weighted by Gasteiger charge is 2.15. The zero-order valence-electron chi connectivity index (χ0n) is 10.4. The molecule has 7 heteroatoms. The fraction of sp³-hybridized carbons (Fsp3) is 0.167. The number of carbonyl (C=O) groups is 1. The van der Waals surface area contributed by atoms with Gasteiger partial charge in [0.1, 0.15) is 5.69 Å². The molecule has 1 aromatic carbocycles. The Morgan fingerprint density at radius 1 is 1.32 bits per heavy atom. The summed E-state index contributed by atoms with van der Waals surface area (Å²) in [5.41, 5.74) is -0.0130. The molecule has 1 aromatic heterocycles. The number of fused-ring (bicyclic) bond motifs is 1. The first-order valence-electron chi connectivity index (χ1n) is 5.36. The Morgan fingerprint density at radius 2 is 2.00 bits per heavy atom. The summed E-state index contributed by atoms with van der Waals surface area (Å²) >= 11 is 0. The smallest absolute Gasteiger partial charge is 0.283 e. The van der Waals surface area contributed by atoms with Crippen LogP contribution in [-0.4, -0.2) is 32.7 Å². The quantitative estimate of drug-likeness (QED) is 0.904. The van der Waals surface area contributed by atoms with Crippen molar-refractivity contribution in [3.63, 3.8) is 0 Å². The molecule has 0 aliphatic carbocycles. The van der Waals surface area contributed by atoms with Crippen molar-refractivity contribution < 1.29 is 17.9 Å². The Bertz CT molecular complexity index is 740. The van der Waals surface area contributed by atoms with Crippen molar-refractivity contribution in [2.75, 3.05) is 13.4 Å². The van der Waals surface area contributed by atoms with Gasteiger partial charge in [0.2, 0.25) is 15.9 Å². The average molecular weight is 280 g/mol.